The SMILES string of the molecule is O=S(=O)(O)c1ccc(NCCn2cccc2)cc1. The first-order chi connectivity index (χ1) is 8.55. The highest BCUT2D eigenvalue weighted by Gasteiger charge is 2.07. The first kappa shape index (κ1) is 12.7. The third kappa shape index (κ3) is 3.35. The molecule has 2 N–H and O–H groups in total. The molecule has 0 saturated carbocycles. The molecule has 2 aromatic rings. The van der Waals surface area contributed by atoms with Crippen molar-refractivity contribution in [3.05, 3.63) is 48.8 Å². The van der Waals surface area contributed by atoms with Crippen molar-refractivity contribution in [3.8, 4) is 0 Å². The Bertz CT molecular complexity index is 589. The second-order valence-corrected chi connectivity index (χ2v) is 5.27. The maximum Gasteiger partial charge on any atom is 0.294 e. The summed E-state index contributed by atoms with van der Waals surface area (Å²) in [5, 5.41) is 3.16. The number of nitrogens with one attached hydrogen (secondary N) is 1. The van der Waals surface area contributed by atoms with Crippen molar-refractivity contribution < 1.29 is 13.0 Å². The summed E-state index contributed by atoms with van der Waals surface area (Å²) in [6, 6.07) is 9.90. The highest BCUT2D eigenvalue weighted by molar-refractivity contribution is 7.85. The standard InChI is InChI=1S/C12H14N2O3S/c15-18(16,17)12-5-3-11(4-6-12)13-7-10-14-8-1-2-9-14/h1-6,8-9,13H,7,10H2,(H,15,16,17). The van der Waals surface area contributed by atoms with E-state index in [1.807, 2.05) is 29.1 Å². The van der Waals surface area contributed by atoms with Crippen LogP contribution in [0.5, 0.6) is 0 Å². The van der Waals surface area contributed by atoms with Crippen LogP contribution < -0.4 is 5.32 Å². The highest BCUT2D eigenvalue weighted by atomic mass is 32.2. The second-order valence-electron chi connectivity index (χ2n) is 3.85. The Kier molecular flexibility index (Phi) is 3.69. The zero-order chi connectivity index (χ0) is 13.0. The molecule has 0 unspecified atom stereocenters. The van der Waals surface area contributed by atoms with E-state index in [4.69, 9.17) is 4.55 Å². The lowest BCUT2D eigenvalue weighted by Crippen LogP contribution is -2.09. The Hall–Kier alpha value is -1.79. The fourth-order valence-corrected chi connectivity index (χ4v) is 2.07. The van der Waals surface area contributed by atoms with Gasteiger partial charge in [-0.15, -0.1) is 0 Å². The smallest absolute Gasteiger partial charge is 0.294 e. The maximum atomic E-state index is 10.8. The lowest BCUT2D eigenvalue weighted by Gasteiger charge is -2.07. The minimum Gasteiger partial charge on any atom is -0.383 e. The van der Waals surface area contributed by atoms with Crippen molar-refractivity contribution in [2.24, 2.45) is 0 Å². The topological polar surface area (TPSA) is 71.3 Å². The van der Waals surface area contributed by atoms with E-state index < -0.39 is 10.1 Å². The van der Waals surface area contributed by atoms with Gasteiger partial charge in [0.2, 0.25) is 0 Å². The van der Waals surface area contributed by atoms with Crippen LogP contribution in [0, 0.1) is 0 Å². The molecule has 0 aliphatic rings. The van der Waals surface area contributed by atoms with E-state index in [2.05, 4.69) is 5.32 Å². The van der Waals surface area contributed by atoms with Crippen LogP contribution in [0.4, 0.5) is 5.69 Å². The van der Waals surface area contributed by atoms with Crippen LogP contribution in [-0.2, 0) is 16.7 Å². The molecule has 0 fully saturated rings. The Morgan fingerprint density at radius 3 is 2.28 bits per heavy atom. The summed E-state index contributed by atoms with van der Waals surface area (Å²) in [4.78, 5) is -0.0986. The number of hydrogen-bond acceptors (Lipinski definition) is 3. The lowest BCUT2D eigenvalue weighted by atomic mass is 10.3. The Morgan fingerprint density at radius 2 is 1.72 bits per heavy atom. The molecular weight excluding hydrogens is 252 g/mol. The van der Waals surface area contributed by atoms with Crippen LogP contribution in [0.25, 0.3) is 0 Å². The largest absolute Gasteiger partial charge is 0.383 e. The molecule has 0 aliphatic carbocycles. The van der Waals surface area contributed by atoms with Crippen molar-refractivity contribution in [1.29, 1.82) is 0 Å². The summed E-state index contributed by atoms with van der Waals surface area (Å²) in [6.07, 6.45) is 3.95. The molecule has 6 heteroatoms. The molecule has 0 amide bonds. The zero-order valence-electron chi connectivity index (χ0n) is 9.65. The fraction of sp³-hybridized carbons (Fsp3) is 0.167. The minimum absolute atomic E-state index is 0.0986. The third-order valence-electron chi connectivity index (χ3n) is 2.52. The molecule has 0 bridgehead atoms. The average Bonchev–Trinajstić information content (AvgIpc) is 2.82. The van der Waals surface area contributed by atoms with Crippen LogP contribution in [0.15, 0.2) is 53.7 Å². The molecule has 0 atom stereocenters. The number of nitrogens with zero attached hydrogens (tertiary/aromatic N) is 1. The fourth-order valence-electron chi connectivity index (χ4n) is 1.59. The van der Waals surface area contributed by atoms with E-state index >= 15 is 0 Å². The Balaban J connectivity index is 1.91. The van der Waals surface area contributed by atoms with Gasteiger partial charge in [-0.25, -0.2) is 0 Å². The Labute approximate surface area is 106 Å². The molecule has 1 heterocycles. The third-order valence-corrected chi connectivity index (χ3v) is 3.39. The summed E-state index contributed by atoms with van der Waals surface area (Å²) in [6.45, 7) is 1.56. The number of aromatic nitrogens is 1. The van der Waals surface area contributed by atoms with Crippen molar-refractivity contribution in [3.63, 3.8) is 0 Å². The van der Waals surface area contributed by atoms with E-state index in [0.717, 1.165) is 18.8 Å². The van der Waals surface area contributed by atoms with Crippen LogP contribution in [-0.4, -0.2) is 24.1 Å². The number of rotatable bonds is 5. The van der Waals surface area contributed by atoms with Crippen molar-refractivity contribution in [2.45, 2.75) is 11.4 Å². The summed E-state index contributed by atoms with van der Waals surface area (Å²) in [5.74, 6) is 0. The highest BCUT2D eigenvalue weighted by Crippen LogP contribution is 2.13. The van der Waals surface area contributed by atoms with Gasteiger partial charge in [0.25, 0.3) is 10.1 Å². The average molecular weight is 266 g/mol. The van der Waals surface area contributed by atoms with E-state index in [0.29, 0.717) is 0 Å². The van der Waals surface area contributed by atoms with E-state index in [-0.39, 0.29) is 4.90 Å². The van der Waals surface area contributed by atoms with Gasteiger partial charge in [-0.3, -0.25) is 4.55 Å². The van der Waals surface area contributed by atoms with Gasteiger partial charge >= 0.3 is 0 Å². The van der Waals surface area contributed by atoms with Crippen molar-refractivity contribution >= 4 is 15.8 Å². The molecule has 18 heavy (non-hydrogen) atoms. The van der Waals surface area contributed by atoms with E-state index in [9.17, 15) is 8.42 Å². The second kappa shape index (κ2) is 5.24. The molecule has 1 aromatic heterocycles. The van der Waals surface area contributed by atoms with Crippen LogP contribution in [0.2, 0.25) is 0 Å². The molecule has 1 aromatic carbocycles. The number of benzene rings is 1. The lowest BCUT2D eigenvalue weighted by molar-refractivity contribution is 0.483. The van der Waals surface area contributed by atoms with Gasteiger partial charge in [-0.2, -0.15) is 8.42 Å². The molecular formula is C12H14N2O3S. The molecule has 0 radical (unpaired) electrons. The van der Waals surface area contributed by atoms with Gasteiger partial charge in [0, 0.05) is 31.2 Å². The van der Waals surface area contributed by atoms with Crippen LogP contribution in [0.1, 0.15) is 0 Å². The van der Waals surface area contributed by atoms with Crippen LogP contribution in [0.3, 0.4) is 0 Å². The van der Waals surface area contributed by atoms with Gasteiger partial charge < -0.3 is 9.88 Å². The molecule has 0 saturated heterocycles. The predicted octanol–water partition coefficient (Wildman–Crippen LogP) is 1.85. The molecule has 96 valence electrons. The van der Waals surface area contributed by atoms with Gasteiger partial charge in [-0.05, 0) is 36.4 Å². The molecule has 0 aliphatic heterocycles. The summed E-state index contributed by atoms with van der Waals surface area (Å²) >= 11 is 0. The normalized spacial score (nSPS) is 11.4. The predicted molar refractivity (Wildman–Crippen MR) is 69.2 cm³/mol. The molecule has 5 nitrogen and oxygen atoms in total. The van der Waals surface area contributed by atoms with E-state index in [1.54, 1.807) is 12.1 Å². The quantitative estimate of drug-likeness (QED) is 0.810. The van der Waals surface area contributed by atoms with E-state index in [1.165, 1.54) is 12.1 Å². The van der Waals surface area contributed by atoms with Crippen molar-refractivity contribution in [1.82, 2.24) is 4.57 Å². The zero-order valence-corrected chi connectivity index (χ0v) is 10.5. The van der Waals surface area contributed by atoms with Gasteiger partial charge in [-0.1, -0.05) is 0 Å². The van der Waals surface area contributed by atoms with Gasteiger partial charge in [0.05, 0.1) is 4.90 Å². The molecule has 2 rings (SSSR count). The first-order valence-corrected chi connectivity index (χ1v) is 6.92. The minimum atomic E-state index is -4.11. The number of hydrogen-bond donors (Lipinski definition) is 2. The van der Waals surface area contributed by atoms with Gasteiger partial charge in [0.15, 0.2) is 0 Å². The summed E-state index contributed by atoms with van der Waals surface area (Å²) in [5.41, 5.74) is 0.814. The first-order valence-electron chi connectivity index (χ1n) is 5.48. The monoisotopic (exact) mass is 266 g/mol. The van der Waals surface area contributed by atoms with Crippen LogP contribution >= 0.6 is 0 Å². The van der Waals surface area contributed by atoms with Crippen molar-refractivity contribution in [2.75, 3.05) is 11.9 Å². The van der Waals surface area contributed by atoms with Gasteiger partial charge in [0.1, 0.15) is 0 Å². The summed E-state index contributed by atoms with van der Waals surface area (Å²) in [7, 11) is -4.11. The maximum absolute atomic E-state index is 10.8. The Morgan fingerprint density at radius 1 is 1.11 bits per heavy atom. The number of anilines is 1. The molecule has 0 spiro atoms. The summed E-state index contributed by atoms with van der Waals surface area (Å²) < 4.78 is 32.6.